The summed E-state index contributed by atoms with van der Waals surface area (Å²) in [5.74, 6) is -0.360. The second-order valence-corrected chi connectivity index (χ2v) is 6.83. The Bertz CT molecular complexity index is 687. The van der Waals surface area contributed by atoms with E-state index in [1.54, 1.807) is 0 Å². The number of rotatable bonds is 2. The summed E-state index contributed by atoms with van der Waals surface area (Å²) >= 11 is 0. The molecule has 5 heteroatoms. The summed E-state index contributed by atoms with van der Waals surface area (Å²) in [7, 11) is 0. The van der Waals surface area contributed by atoms with Crippen LogP contribution in [0.5, 0.6) is 0 Å². The Kier molecular flexibility index (Phi) is 3.23. The van der Waals surface area contributed by atoms with Gasteiger partial charge in [-0.05, 0) is 45.7 Å². The highest BCUT2D eigenvalue weighted by atomic mass is 16.5. The molecule has 1 spiro atoms. The number of hydrogen-bond acceptors (Lipinski definition) is 4. The van der Waals surface area contributed by atoms with Gasteiger partial charge in [0.15, 0.2) is 0 Å². The molecule has 1 aromatic carbocycles. The number of carbonyl (C=O) groups is 2. The molecule has 4 rings (SSSR count). The highest BCUT2D eigenvalue weighted by Gasteiger charge is 2.63. The molecular formula is C18H22N2O3. The van der Waals surface area contributed by atoms with E-state index in [9.17, 15) is 9.59 Å². The molecule has 1 amide bonds. The van der Waals surface area contributed by atoms with E-state index in [2.05, 4.69) is 16.3 Å². The minimum atomic E-state index is -0.694. The van der Waals surface area contributed by atoms with Crippen LogP contribution < -0.4 is 5.32 Å². The lowest BCUT2D eigenvalue weighted by Gasteiger charge is -2.32. The third kappa shape index (κ3) is 1.89. The molecule has 0 bridgehead atoms. The van der Waals surface area contributed by atoms with Crippen LogP contribution in [0.3, 0.4) is 0 Å². The number of esters is 1. The SMILES string of the molecule is CCOC(=O)[C@H]1C[C@@]2(C(=O)Nc3ccc(C)cc32)N2CCC[C@@H]12. The predicted octanol–water partition coefficient (Wildman–Crippen LogP) is 2.19. The summed E-state index contributed by atoms with van der Waals surface area (Å²) < 4.78 is 5.29. The second-order valence-electron chi connectivity index (χ2n) is 6.83. The molecule has 3 aliphatic rings. The first-order valence-electron chi connectivity index (χ1n) is 8.44. The monoisotopic (exact) mass is 314 g/mol. The average Bonchev–Trinajstić information content (AvgIpc) is 3.16. The van der Waals surface area contributed by atoms with Crippen molar-refractivity contribution in [1.29, 1.82) is 0 Å². The molecule has 0 radical (unpaired) electrons. The molecule has 122 valence electrons. The number of nitrogens with zero attached hydrogens (tertiary/aromatic N) is 1. The average molecular weight is 314 g/mol. The Morgan fingerprint density at radius 3 is 3.09 bits per heavy atom. The first kappa shape index (κ1) is 14.7. The maximum absolute atomic E-state index is 12.9. The Hall–Kier alpha value is -1.88. The van der Waals surface area contributed by atoms with E-state index in [0.29, 0.717) is 13.0 Å². The lowest BCUT2D eigenvalue weighted by Crippen LogP contribution is -2.47. The van der Waals surface area contributed by atoms with Crippen molar-refractivity contribution >= 4 is 17.6 Å². The van der Waals surface area contributed by atoms with E-state index in [-0.39, 0.29) is 23.8 Å². The summed E-state index contributed by atoms with van der Waals surface area (Å²) in [6.45, 7) is 5.12. The van der Waals surface area contributed by atoms with E-state index >= 15 is 0 Å². The number of anilines is 1. The van der Waals surface area contributed by atoms with Crippen LogP contribution >= 0.6 is 0 Å². The topological polar surface area (TPSA) is 58.6 Å². The normalized spacial score (nSPS) is 32.0. The van der Waals surface area contributed by atoms with Gasteiger partial charge in [-0.25, -0.2) is 0 Å². The zero-order valence-electron chi connectivity index (χ0n) is 13.6. The molecule has 1 N–H and O–H groups in total. The molecule has 2 saturated heterocycles. The van der Waals surface area contributed by atoms with Crippen molar-refractivity contribution in [2.45, 2.75) is 44.7 Å². The quantitative estimate of drug-likeness (QED) is 0.850. The van der Waals surface area contributed by atoms with Crippen molar-refractivity contribution in [3.05, 3.63) is 29.3 Å². The van der Waals surface area contributed by atoms with Gasteiger partial charge < -0.3 is 10.1 Å². The minimum absolute atomic E-state index is 0.0109. The van der Waals surface area contributed by atoms with Crippen molar-refractivity contribution < 1.29 is 14.3 Å². The first-order chi connectivity index (χ1) is 11.1. The van der Waals surface area contributed by atoms with Crippen molar-refractivity contribution in [3.63, 3.8) is 0 Å². The maximum atomic E-state index is 12.9. The zero-order chi connectivity index (χ0) is 16.2. The van der Waals surface area contributed by atoms with E-state index in [1.165, 1.54) is 0 Å². The Morgan fingerprint density at radius 2 is 2.30 bits per heavy atom. The van der Waals surface area contributed by atoms with Crippen LogP contribution in [0.1, 0.15) is 37.3 Å². The standard InChI is InChI=1S/C18H22N2O3/c1-3-23-16(21)12-10-18(20-8-4-5-15(12)20)13-9-11(2)6-7-14(13)19-17(18)22/h6-7,9,12,15H,3-5,8,10H2,1-2H3,(H,19,22)/t12-,15-,18+/m0/s1. The molecule has 23 heavy (non-hydrogen) atoms. The van der Waals surface area contributed by atoms with Crippen LogP contribution in [0.25, 0.3) is 0 Å². The molecule has 0 saturated carbocycles. The largest absolute Gasteiger partial charge is 0.466 e. The van der Waals surface area contributed by atoms with Gasteiger partial charge in [-0.1, -0.05) is 17.7 Å². The maximum Gasteiger partial charge on any atom is 0.310 e. The smallest absolute Gasteiger partial charge is 0.310 e. The summed E-state index contributed by atoms with van der Waals surface area (Å²) in [5.41, 5.74) is 2.35. The van der Waals surface area contributed by atoms with E-state index in [0.717, 1.165) is 36.2 Å². The molecule has 0 aliphatic carbocycles. The molecule has 3 atom stereocenters. The molecule has 0 aromatic heterocycles. The van der Waals surface area contributed by atoms with Gasteiger partial charge in [0.2, 0.25) is 5.91 Å². The summed E-state index contributed by atoms with van der Waals surface area (Å²) in [5, 5.41) is 3.03. The van der Waals surface area contributed by atoms with Crippen molar-refractivity contribution in [1.82, 2.24) is 4.90 Å². The van der Waals surface area contributed by atoms with Gasteiger partial charge in [0, 0.05) is 17.3 Å². The summed E-state index contributed by atoms with van der Waals surface area (Å²) in [4.78, 5) is 27.6. The van der Waals surface area contributed by atoms with Crippen LogP contribution in [0.4, 0.5) is 5.69 Å². The number of fused-ring (bicyclic) bond motifs is 4. The van der Waals surface area contributed by atoms with Gasteiger partial charge in [0.1, 0.15) is 5.54 Å². The van der Waals surface area contributed by atoms with Crippen LogP contribution in [-0.2, 0) is 19.9 Å². The second kappa shape index (κ2) is 5.06. The molecular weight excluding hydrogens is 292 g/mol. The van der Waals surface area contributed by atoms with Gasteiger partial charge in [0.05, 0.1) is 12.5 Å². The first-order valence-corrected chi connectivity index (χ1v) is 8.44. The van der Waals surface area contributed by atoms with E-state index in [4.69, 9.17) is 4.74 Å². The number of carbonyl (C=O) groups excluding carboxylic acids is 2. The molecule has 3 heterocycles. The van der Waals surface area contributed by atoms with Gasteiger partial charge in [-0.3, -0.25) is 14.5 Å². The number of nitrogens with one attached hydrogen (secondary N) is 1. The Labute approximate surface area is 136 Å². The van der Waals surface area contributed by atoms with Gasteiger partial charge >= 0.3 is 5.97 Å². The fourth-order valence-corrected chi connectivity index (χ4v) is 4.69. The van der Waals surface area contributed by atoms with Gasteiger partial charge in [0.25, 0.3) is 0 Å². The fourth-order valence-electron chi connectivity index (χ4n) is 4.69. The summed E-state index contributed by atoms with van der Waals surface area (Å²) in [6, 6.07) is 6.19. The highest BCUT2D eigenvalue weighted by Crippen LogP contribution is 2.54. The van der Waals surface area contributed by atoms with E-state index in [1.807, 2.05) is 26.0 Å². The van der Waals surface area contributed by atoms with Crippen LogP contribution in [-0.4, -0.2) is 36.0 Å². The lowest BCUT2D eigenvalue weighted by molar-refractivity contribution is -0.148. The van der Waals surface area contributed by atoms with Crippen molar-refractivity contribution in [2.75, 3.05) is 18.5 Å². The molecule has 1 aromatic rings. The van der Waals surface area contributed by atoms with Gasteiger partial charge in [-0.2, -0.15) is 0 Å². The Morgan fingerprint density at radius 1 is 1.48 bits per heavy atom. The van der Waals surface area contributed by atoms with Crippen LogP contribution in [0.2, 0.25) is 0 Å². The lowest BCUT2D eigenvalue weighted by atomic mass is 9.84. The van der Waals surface area contributed by atoms with Crippen LogP contribution in [0.15, 0.2) is 18.2 Å². The number of benzene rings is 1. The zero-order valence-corrected chi connectivity index (χ0v) is 13.6. The number of hydrogen-bond donors (Lipinski definition) is 1. The Balaban J connectivity index is 1.81. The number of ether oxygens (including phenoxy) is 1. The van der Waals surface area contributed by atoms with Crippen molar-refractivity contribution in [3.8, 4) is 0 Å². The highest BCUT2D eigenvalue weighted by molar-refractivity contribution is 6.06. The van der Waals surface area contributed by atoms with Crippen molar-refractivity contribution in [2.24, 2.45) is 5.92 Å². The fraction of sp³-hybridized carbons (Fsp3) is 0.556. The number of amides is 1. The van der Waals surface area contributed by atoms with E-state index < -0.39 is 5.54 Å². The summed E-state index contributed by atoms with van der Waals surface area (Å²) in [6.07, 6.45) is 2.51. The molecule has 0 unspecified atom stereocenters. The van der Waals surface area contributed by atoms with Crippen LogP contribution in [0, 0.1) is 12.8 Å². The molecule has 3 aliphatic heterocycles. The van der Waals surface area contributed by atoms with Gasteiger partial charge in [-0.15, -0.1) is 0 Å². The third-order valence-electron chi connectivity index (χ3n) is 5.60. The number of aryl methyl sites for hydroxylation is 1. The molecule has 2 fully saturated rings. The molecule has 5 nitrogen and oxygen atoms in total. The third-order valence-corrected chi connectivity index (χ3v) is 5.60. The minimum Gasteiger partial charge on any atom is -0.466 e. The predicted molar refractivity (Wildman–Crippen MR) is 86.0 cm³/mol.